The third kappa shape index (κ3) is 3.83. The lowest BCUT2D eigenvalue weighted by Crippen LogP contribution is -2.10. The Kier molecular flexibility index (Phi) is 5.18. The minimum absolute atomic E-state index is 0.107. The van der Waals surface area contributed by atoms with Crippen LogP contribution in [0, 0.1) is 0 Å². The van der Waals surface area contributed by atoms with Crippen LogP contribution in [0.25, 0.3) is 0 Å². The first-order chi connectivity index (χ1) is 9.60. The van der Waals surface area contributed by atoms with E-state index in [0.717, 1.165) is 16.7 Å². The van der Waals surface area contributed by atoms with E-state index in [4.69, 9.17) is 28.9 Å². The van der Waals surface area contributed by atoms with Crippen molar-refractivity contribution in [1.82, 2.24) is 0 Å². The summed E-state index contributed by atoms with van der Waals surface area (Å²) < 4.78 is 0. The molecule has 0 amide bonds. The minimum Gasteiger partial charge on any atom is -0.326 e. The van der Waals surface area contributed by atoms with E-state index >= 15 is 0 Å². The van der Waals surface area contributed by atoms with Gasteiger partial charge in [0.05, 0.1) is 0 Å². The Morgan fingerprint density at radius 2 is 1.60 bits per heavy atom. The number of hydrogen-bond donors (Lipinski definition) is 1. The third-order valence-electron chi connectivity index (χ3n) is 3.13. The van der Waals surface area contributed by atoms with Crippen LogP contribution >= 0.6 is 23.2 Å². The molecule has 0 bridgehead atoms. The first-order valence-electron chi connectivity index (χ1n) is 6.32. The maximum absolute atomic E-state index is 12.2. The highest BCUT2D eigenvalue weighted by molar-refractivity contribution is 6.35. The Morgan fingerprint density at radius 3 is 2.25 bits per heavy atom. The summed E-state index contributed by atoms with van der Waals surface area (Å²) in [5.41, 5.74) is 8.45. The van der Waals surface area contributed by atoms with Crippen molar-refractivity contribution in [2.24, 2.45) is 5.73 Å². The van der Waals surface area contributed by atoms with E-state index in [9.17, 15) is 4.79 Å². The van der Waals surface area contributed by atoms with E-state index < -0.39 is 0 Å². The van der Waals surface area contributed by atoms with Crippen LogP contribution in [0.4, 0.5) is 0 Å². The molecule has 0 aliphatic carbocycles. The molecule has 104 valence electrons. The summed E-state index contributed by atoms with van der Waals surface area (Å²) in [6.45, 7) is 0.436. The highest BCUT2D eigenvalue weighted by Crippen LogP contribution is 2.22. The fourth-order valence-corrected chi connectivity index (χ4v) is 2.56. The zero-order valence-electron chi connectivity index (χ0n) is 10.9. The van der Waals surface area contributed by atoms with Crippen LogP contribution in [0.5, 0.6) is 0 Å². The number of rotatable bonds is 5. The van der Waals surface area contributed by atoms with Crippen molar-refractivity contribution in [3.63, 3.8) is 0 Å². The van der Waals surface area contributed by atoms with Crippen LogP contribution in [0.1, 0.15) is 16.7 Å². The van der Waals surface area contributed by atoms with Gasteiger partial charge in [0.2, 0.25) is 0 Å². The number of halogens is 2. The maximum atomic E-state index is 12.2. The number of carbonyl (C=O) groups excluding carboxylic acids is 1. The second-order valence-corrected chi connectivity index (χ2v) is 5.44. The molecule has 0 saturated carbocycles. The van der Waals surface area contributed by atoms with Gasteiger partial charge in [0, 0.05) is 29.4 Å². The lowest BCUT2D eigenvalue weighted by Gasteiger charge is -2.08. The fraction of sp³-hybridized carbons (Fsp3) is 0.188. The summed E-state index contributed by atoms with van der Waals surface area (Å²) in [4.78, 5) is 12.2. The van der Waals surface area contributed by atoms with Gasteiger partial charge < -0.3 is 5.73 Å². The average molecular weight is 308 g/mol. The van der Waals surface area contributed by atoms with Crippen molar-refractivity contribution in [2.75, 3.05) is 0 Å². The lowest BCUT2D eigenvalue weighted by molar-refractivity contribution is -0.117. The molecule has 0 radical (unpaired) electrons. The Bertz CT molecular complexity index is 626. The van der Waals surface area contributed by atoms with Crippen molar-refractivity contribution in [1.29, 1.82) is 0 Å². The normalized spacial score (nSPS) is 10.6. The van der Waals surface area contributed by atoms with Crippen LogP contribution < -0.4 is 5.73 Å². The Morgan fingerprint density at radius 1 is 0.950 bits per heavy atom. The van der Waals surface area contributed by atoms with Gasteiger partial charge in [-0.3, -0.25) is 4.79 Å². The first kappa shape index (κ1) is 15.0. The largest absolute Gasteiger partial charge is 0.326 e. The van der Waals surface area contributed by atoms with Crippen molar-refractivity contribution in [3.8, 4) is 0 Å². The van der Waals surface area contributed by atoms with Gasteiger partial charge in [-0.25, -0.2) is 0 Å². The number of Topliss-reactive ketones (excluding diaryl/α,β-unsaturated/α-hetero) is 1. The second kappa shape index (κ2) is 6.89. The van der Waals surface area contributed by atoms with Gasteiger partial charge >= 0.3 is 0 Å². The van der Waals surface area contributed by atoms with E-state index in [1.165, 1.54) is 0 Å². The highest BCUT2D eigenvalue weighted by atomic mass is 35.5. The van der Waals surface area contributed by atoms with Gasteiger partial charge in [-0.05, 0) is 28.8 Å². The highest BCUT2D eigenvalue weighted by Gasteiger charge is 2.10. The molecule has 0 heterocycles. The van der Waals surface area contributed by atoms with Crippen LogP contribution in [-0.4, -0.2) is 5.78 Å². The fourth-order valence-electron chi connectivity index (χ4n) is 2.08. The first-order valence-corrected chi connectivity index (χ1v) is 7.08. The summed E-state index contributed by atoms with van der Waals surface area (Å²) in [7, 11) is 0. The third-order valence-corrected chi connectivity index (χ3v) is 3.72. The molecule has 0 aromatic heterocycles. The maximum Gasteiger partial charge on any atom is 0.141 e. The summed E-state index contributed by atoms with van der Waals surface area (Å²) in [5.74, 6) is 0.107. The van der Waals surface area contributed by atoms with Gasteiger partial charge in [0.15, 0.2) is 0 Å². The zero-order valence-corrected chi connectivity index (χ0v) is 12.4. The molecule has 2 rings (SSSR count). The van der Waals surface area contributed by atoms with Gasteiger partial charge in [0.25, 0.3) is 0 Å². The topological polar surface area (TPSA) is 43.1 Å². The molecule has 0 saturated heterocycles. The molecule has 0 aliphatic rings. The van der Waals surface area contributed by atoms with Gasteiger partial charge in [0.1, 0.15) is 5.78 Å². The summed E-state index contributed by atoms with van der Waals surface area (Å²) >= 11 is 11.9. The Hall–Kier alpha value is -1.35. The standard InChI is InChI=1S/C16H15Cl2NO/c17-14-6-5-12(16(18)9-14)8-15(20)7-11-3-1-2-4-13(11)10-19/h1-6,9H,7-8,10,19H2. The molecule has 2 N–H and O–H groups in total. The summed E-state index contributed by atoms with van der Waals surface area (Å²) in [6, 6.07) is 12.9. The number of benzene rings is 2. The Balaban J connectivity index is 2.09. The van der Waals surface area contributed by atoms with Gasteiger partial charge in [-0.15, -0.1) is 0 Å². The molecule has 2 aromatic carbocycles. The number of hydrogen-bond acceptors (Lipinski definition) is 2. The van der Waals surface area contributed by atoms with Gasteiger partial charge in [-0.1, -0.05) is 53.5 Å². The Labute approximate surface area is 128 Å². The van der Waals surface area contributed by atoms with Crippen molar-refractivity contribution >= 4 is 29.0 Å². The molecule has 0 spiro atoms. The van der Waals surface area contributed by atoms with E-state index in [1.807, 2.05) is 24.3 Å². The molecule has 2 nitrogen and oxygen atoms in total. The van der Waals surface area contributed by atoms with Crippen LogP contribution in [-0.2, 0) is 24.2 Å². The number of nitrogens with two attached hydrogens (primary N) is 1. The molecular weight excluding hydrogens is 293 g/mol. The van der Waals surface area contributed by atoms with Crippen LogP contribution in [0.15, 0.2) is 42.5 Å². The van der Waals surface area contributed by atoms with Crippen LogP contribution in [0.2, 0.25) is 10.0 Å². The smallest absolute Gasteiger partial charge is 0.141 e. The summed E-state index contributed by atoms with van der Waals surface area (Å²) in [6.07, 6.45) is 0.668. The monoisotopic (exact) mass is 307 g/mol. The quantitative estimate of drug-likeness (QED) is 0.913. The average Bonchev–Trinajstić information content (AvgIpc) is 2.42. The van der Waals surface area contributed by atoms with Gasteiger partial charge in [-0.2, -0.15) is 0 Å². The molecule has 0 unspecified atom stereocenters. The second-order valence-electron chi connectivity index (χ2n) is 4.60. The molecular formula is C16H15Cl2NO. The predicted octanol–water partition coefficient (Wildman–Crippen LogP) is 3.81. The molecule has 2 aromatic rings. The van der Waals surface area contributed by atoms with E-state index in [0.29, 0.717) is 29.4 Å². The molecule has 4 heteroatoms. The predicted molar refractivity (Wildman–Crippen MR) is 83.2 cm³/mol. The molecule has 0 atom stereocenters. The molecule has 0 aliphatic heterocycles. The SMILES string of the molecule is NCc1ccccc1CC(=O)Cc1ccc(Cl)cc1Cl. The van der Waals surface area contributed by atoms with Crippen LogP contribution in [0.3, 0.4) is 0 Å². The molecule has 0 fully saturated rings. The lowest BCUT2D eigenvalue weighted by atomic mass is 9.99. The molecule has 20 heavy (non-hydrogen) atoms. The van der Waals surface area contributed by atoms with E-state index in [1.54, 1.807) is 18.2 Å². The van der Waals surface area contributed by atoms with Crippen molar-refractivity contribution in [2.45, 2.75) is 19.4 Å². The summed E-state index contributed by atoms with van der Waals surface area (Å²) in [5, 5.41) is 1.10. The minimum atomic E-state index is 0.107. The van der Waals surface area contributed by atoms with Crippen molar-refractivity contribution < 1.29 is 4.79 Å². The van der Waals surface area contributed by atoms with E-state index in [-0.39, 0.29) is 5.78 Å². The van der Waals surface area contributed by atoms with Crippen molar-refractivity contribution in [3.05, 3.63) is 69.2 Å². The number of ketones is 1. The van der Waals surface area contributed by atoms with E-state index in [2.05, 4.69) is 0 Å². The number of carbonyl (C=O) groups is 1. The zero-order chi connectivity index (χ0) is 14.5.